The maximum atomic E-state index is 5.66. The Morgan fingerprint density at radius 2 is 1.94 bits per heavy atom. The number of hydrogen-bond donors (Lipinski definition) is 1. The second-order valence-electron chi connectivity index (χ2n) is 5.73. The summed E-state index contributed by atoms with van der Waals surface area (Å²) in [7, 11) is 0. The van der Waals surface area contributed by atoms with Gasteiger partial charge in [0.1, 0.15) is 12.4 Å². The fourth-order valence-corrected chi connectivity index (χ4v) is 1.53. The number of nitrogens with one attached hydrogen (secondary N) is 1. The molecule has 2 nitrogen and oxygen atoms in total. The summed E-state index contributed by atoms with van der Waals surface area (Å²) >= 11 is 0. The molecule has 0 spiro atoms. The average Bonchev–Trinajstić information content (AvgIpc) is 2.22. The van der Waals surface area contributed by atoms with Crippen LogP contribution in [0.3, 0.4) is 0 Å². The van der Waals surface area contributed by atoms with E-state index in [-0.39, 0.29) is 0 Å². The highest BCUT2D eigenvalue weighted by Crippen LogP contribution is 2.16. The zero-order valence-corrected chi connectivity index (χ0v) is 11.5. The van der Waals surface area contributed by atoms with Gasteiger partial charge in [0.05, 0.1) is 0 Å². The van der Waals surface area contributed by atoms with E-state index in [0.717, 1.165) is 25.4 Å². The minimum absolute atomic E-state index is 0.407. The fourth-order valence-electron chi connectivity index (χ4n) is 1.53. The second kappa shape index (κ2) is 6.65. The van der Waals surface area contributed by atoms with Gasteiger partial charge in [-0.3, -0.25) is 0 Å². The molecule has 0 bridgehead atoms. The van der Waals surface area contributed by atoms with E-state index in [1.165, 1.54) is 12.0 Å². The summed E-state index contributed by atoms with van der Waals surface area (Å²) in [6.07, 6.45) is 1.19. The van der Waals surface area contributed by atoms with E-state index in [1.807, 2.05) is 12.1 Å². The van der Waals surface area contributed by atoms with Crippen molar-refractivity contribution in [1.29, 1.82) is 0 Å². The monoisotopic (exact) mass is 235 g/mol. The van der Waals surface area contributed by atoms with Crippen LogP contribution in [0.15, 0.2) is 24.3 Å². The molecule has 96 valence electrons. The number of rotatable bonds is 6. The Morgan fingerprint density at radius 3 is 2.59 bits per heavy atom. The van der Waals surface area contributed by atoms with Crippen LogP contribution < -0.4 is 10.1 Å². The number of aryl methyl sites for hydroxylation is 1. The molecule has 0 fully saturated rings. The van der Waals surface area contributed by atoms with E-state index < -0.39 is 0 Å². The molecule has 0 unspecified atom stereocenters. The van der Waals surface area contributed by atoms with Crippen LogP contribution in [0.5, 0.6) is 5.75 Å². The van der Waals surface area contributed by atoms with E-state index in [0.29, 0.717) is 5.41 Å². The smallest absolute Gasteiger partial charge is 0.119 e. The Hall–Kier alpha value is -1.02. The van der Waals surface area contributed by atoms with Gasteiger partial charge in [0.2, 0.25) is 0 Å². The van der Waals surface area contributed by atoms with Crippen molar-refractivity contribution in [1.82, 2.24) is 5.32 Å². The number of ether oxygens (including phenoxy) is 1. The van der Waals surface area contributed by atoms with Crippen molar-refractivity contribution in [3.63, 3.8) is 0 Å². The van der Waals surface area contributed by atoms with Gasteiger partial charge in [-0.05, 0) is 43.0 Å². The van der Waals surface area contributed by atoms with Gasteiger partial charge in [-0.1, -0.05) is 32.9 Å². The van der Waals surface area contributed by atoms with Crippen LogP contribution in [0, 0.1) is 12.3 Å². The molecule has 0 amide bonds. The van der Waals surface area contributed by atoms with Crippen LogP contribution in [-0.4, -0.2) is 19.7 Å². The van der Waals surface area contributed by atoms with Gasteiger partial charge in [-0.15, -0.1) is 0 Å². The minimum atomic E-state index is 0.407. The van der Waals surface area contributed by atoms with Crippen LogP contribution >= 0.6 is 0 Å². The number of benzene rings is 1. The largest absolute Gasteiger partial charge is 0.492 e. The van der Waals surface area contributed by atoms with Crippen molar-refractivity contribution in [3.8, 4) is 5.75 Å². The molecule has 0 heterocycles. The summed E-state index contributed by atoms with van der Waals surface area (Å²) in [5, 5.41) is 3.40. The summed E-state index contributed by atoms with van der Waals surface area (Å²) in [6.45, 7) is 11.6. The van der Waals surface area contributed by atoms with Crippen LogP contribution in [0.25, 0.3) is 0 Å². The molecule has 0 atom stereocenters. The van der Waals surface area contributed by atoms with Gasteiger partial charge >= 0.3 is 0 Å². The van der Waals surface area contributed by atoms with Crippen molar-refractivity contribution in [3.05, 3.63) is 29.8 Å². The van der Waals surface area contributed by atoms with E-state index >= 15 is 0 Å². The molecule has 2 heteroatoms. The lowest BCUT2D eigenvalue weighted by Gasteiger charge is -2.18. The molecule has 0 radical (unpaired) electrons. The molecule has 1 N–H and O–H groups in total. The Labute approximate surface area is 105 Å². The number of hydrogen-bond acceptors (Lipinski definition) is 2. The lowest BCUT2D eigenvalue weighted by Crippen LogP contribution is -2.25. The molecule has 1 aromatic rings. The molecule has 0 saturated carbocycles. The minimum Gasteiger partial charge on any atom is -0.492 e. The molecular formula is C15H25NO. The third-order valence-corrected chi connectivity index (χ3v) is 2.59. The van der Waals surface area contributed by atoms with Crippen molar-refractivity contribution in [2.45, 2.75) is 34.1 Å². The zero-order valence-electron chi connectivity index (χ0n) is 11.5. The van der Waals surface area contributed by atoms with Crippen LogP contribution in [0.2, 0.25) is 0 Å². The van der Waals surface area contributed by atoms with Gasteiger partial charge in [-0.2, -0.15) is 0 Å². The van der Waals surface area contributed by atoms with Gasteiger partial charge in [0.25, 0.3) is 0 Å². The molecule has 0 aliphatic heterocycles. The normalized spacial score (nSPS) is 11.5. The topological polar surface area (TPSA) is 21.3 Å². The summed E-state index contributed by atoms with van der Waals surface area (Å²) in [5.74, 6) is 0.961. The molecule has 1 rings (SSSR count). The maximum Gasteiger partial charge on any atom is 0.119 e. The van der Waals surface area contributed by atoms with Gasteiger partial charge < -0.3 is 10.1 Å². The van der Waals surface area contributed by atoms with E-state index in [2.05, 4.69) is 45.1 Å². The van der Waals surface area contributed by atoms with Gasteiger partial charge in [-0.25, -0.2) is 0 Å². The molecule has 1 aromatic carbocycles. The average molecular weight is 235 g/mol. The lowest BCUT2D eigenvalue weighted by molar-refractivity contribution is 0.304. The Kier molecular flexibility index (Phi) is 5.49. The van der Waals surface area contributed by atoms with Crippen LogP contribution in [-0.2, 0) is 0 Å². The van der Waals surface area contributed by atoms with Crippen molar-refractivity contribution < 1.29 is 4.74 Å². The fraction of sp³-hybridized carbons (Fsp3) is 0.600. The first-order valence-corrected chi connectivity index (χ1v) is 6.37. The molecule has 17 heavy (non-hydrogen) atoms. The predicted molar refractivity (Wildman–Crippen MR) is 73.6 cm³/mol. The van der Waals surface area contributed by atoms with Crippen molar-refractivity contribution in [2.24, 2.45) is 5.41 Å². The highest BCUT2D eigenvalue weighted by molar-refractivity contribution is 5.27. The Bertz CT molecular complexity index is 328. The highest BCUT2D eigenvalue weighted by atomic mass is 16.5. The summed E-state index contributed by atoms with van der Waals surface area (Å²) < 4.78 is 5.66. The summed E-state index contributed by atoms with van der Waals surface area (Å²) in [4.78, 5) is 0. The molecule has 0 saturated heterocycles. The summed E-state index contributed by atoms with van der Waals surface area (Å²) in [5.41, 5.74) is 1.65. The molecule has 0 aliphatic rings. The molecule has 0 aliphatic carbocycles. The first kappa shape index (κ1) is 14.0. The van der Waals surface area contributed by atoms with E-state index in [1.54, 1.807) is 0 Å². The second-order valence-corrected chi connectivity index (χ2v) is 5.73. The third-order valence-electron chi connectivity index (χ3n) is 2.59. The maximum absolute atomic E-state index is 5.66. The lowest BCUT2D eigenvalue weighted by atomic mass is 9.92. The van der Waals surface area contributed by atoms with Gasteiger partial charge in [0, 0.05) is 6.54 Å². The van der Waals surface area contributed by atoms with E-state index in [4.69, 9.17) is 4.74 Å². The molecule has 0 aromatic heterocycles. The Morgan fingerprint density at radius 1 is 1.18 bits per heavy atom. The van der Waals surface area contributed by atoms with E-state index in [9.17, 15) is 0 Å². The quantitative estimate of drug-likeness (QED) is 0.763. The predicted octanol–water partition coefficient (Wildman–Crippen LogP) is 3.40. The summed E-state index contributed by atoms with van der Waals surface area (Å²) in [6, 6.07) is 8.17. The van der Waals surface area contributed by atoms with Crippen LogP contribution in [0.4, 0.5) is 0 Å². The Balaban J connectivity index is 2.09. The SMILES string of the molecule is Cc1cccc(OCCNCCC(C)(C)C)c1. The molecular weight excluding hydrogens is 210 g/mol. The van der Waals surface area contributed by atoms with Crippen LogP contribution in [0.1, 0.15) is 32.8 Å². The third kappa shape index (κ3) is 7.01. The first-order valence-electron chi connectivity index (χ1n) is 6.37. The van der Waals surface area contributed by atoms with Crippen molar-refractivity contribution in [2.75, 3.05) is 19.7 Å². The standard InChI is InChI=1S/C15H25NO/c1-13-6-5-7-14(12-13)17-11-10-16-9-8-15(2,3)4/h5-7,12,16H,8-11H2,1-4H3. The van der Waals surface area contributed by atoms with Gasteiger partial charge in [0.15, 0.2) is 0 Å². The first-order chi connectivity index (χ1) is 7.97. The van der Waals surface area contributed by atoms with Crippen molar-refractivity contribution >= 4 is 0 Å². The zero-order chi connectivity index (χ0) is 12.7. The highest BCUT2D eigenvalue weighted by Gasteiger charge is 2.08.